The lowest BCUT2D eigenvalue weighted by Crippen LogP contribution is -2.46. The van der Waals surface area contributed by atoms with E-state index in [9.17, 15) is 4.39 Å². The van der Waals surface area contributed by atoms with Gasteiger partial charge in [0.2, 0.25) is 0 Å². The summed E-state index contributed by atoms with van der Waals surface area (Å²) < 4.78 is 29.1. The maximum Gasteiger partial charge on any atom is 0.454 e. The van der Waals surface area contributed by atoms with Crippen LogP contribution in [0.3, 0.4) is 0 Å². The first-order chi connectivity index (χ1) is 12.2. The Kier molecular flexibility index (Phi) is 5.47. The second-order valence-electron chi connectivity index (χ2n) is 8.29. The third-order valence-electron chi connectivity index (χ3n) is 5.48. The summed E-state index contributed by atoms with van der Waals surface area (Å²) in [4.78, 5) is 2.21. The second-order valence-corrected chi connectivity index (χ2v) is 8.29. The Morgan fingerprint density at radius 2 is 1.73 bits per heavy atom. The van der Waals surface area contributed by atoms with Gasteiger partial charge in [0.05, 0.1) is 24.4 Å². The van der Waals surface area contributed by atoms with E-state index in [0.717, 1.165) is 36.4 Å². The monoisotopic (exact) mass is 361 g/mol. The third kappa shape index (κ3) is 4.13. The molecule has 142 valence electrons. The zero-order valence-corrected chi connectivity index (χ0v) is 16.4. The highest BCUT2D eigenvalue weighted by atomic mass is 19.1. The molecule has 0 aliphatic carbocycles. The van der Waals surface area contributed by atoms with Crippen molar-refractivity contribution in [2.24, 2.45) is 5.92 Å². The van der Waals surface area contributed by atoms with E-state index in [2.05, 4.69) is 38.7 Å². The number of nitrogens with zero attached hydrogens (tertiary/aromatic N) is 1. The molecule has 1 aromatic heterocycles. The number of fused-ring (bicyclic) bond motifs is 1. The summed E-state index contributed by atoms with van der Waals surface area (Å²) in [5.74, 6) is 1.21. The normalized spacial score (nSPS) is 22.2. The predicted octanol–water partition coefficient (Wildman–Crippen LogP) is 4.54. The SMILES string of the molecule is CB1OC(C)(C)C(C)(C)O1.FCC1CN(Cc2cc3ccccc3o2)C1. The van der Waals surface area contributed by atoms with E-state index >= 15 is 0 Å². The molecule has 0 atom stereocenters. The second kappa shape index (κ2) is 7.33. The van der Waals surface area contributed by atoms with Gasteiger partial charge in [-0.25, -0.2) is 0 Å². The molecule has 2 aromatic rings. The molecular formula is C20H29BFNO3. The Bertz CT molecular complexity index is 690. The Morgan fingerprint density at radius 1 is 1.12 bits per heavy atom. The van der Waals surface area contributed by atoms with E-state index in [1.54, 1.807) is 0 Å². The van der Waals surface area contributed by atoms with Crippen molar-refractivity contribution in [1.82, 2.24) is 4.90 Å². The van der Waals surface area contributed by atoms with Gasteiger partial charge in [0.1, 0.15) is 11.3 Å². The van der Waals surface area contributed by atoms with Crippen molar-refractivity contribution >= 4 is 18.1 Å². The van der Waals surface area contributed by atoms with Crippen LogP contribution < -0.4 is 0 Å². The average molecular weight is 361 g/mol. The number of furan rings is 1. The highest BCUT2D eigenvalue weighted by Gasteiger charge is 2.48. The minimum absolute atomic E-state index is 0.0648. The first kappa shape index (κ1) is 19.4. The van der Waals surface area contributed by atoms with E-state index in [1.807, 2.05) is 31.1 Å². The van der Waals surface area contributed by atoms with Gasteiger partial charge in [0.15, 0.2) is 0 Å². The predicted molar refractivity (Wildman–Crippen MR) is 103 cm³/mol. The van der Waals surface area contributed by atoms with Crippen LogP contribution in [0.1, 0.15) is 33.5 Å². The largest absolute Gasteiger partial charge is 0.460 e. The van der Waals surface area contributed by atoms with Crippen molar-refractivity contribution < 1.29 is 18.1 Å². The Morgan fingerprint density at radius 3 is 2.23 bits per heavy atom. The summed E-state index contributed by atoms with van der Waals surface area (Å²) in [5, 5.41) is 1.14. The van der Waals surface area contributed by atoms with Gasteiger partial charge < -0.3 is 13.7 Å². The molecule has 0 radical (unpaired) electrons. The smallest absolute Gasteiger partial charge is 0.454 e. The van der Waals surface area contributed by atoms with Crippen LogP contribution in [0.15, 0.2) is 34.7 Å². The van der Waals surface area contributed by atoms with Crippen molar-refractivity contribution in [1.29, 1.82) is 0 Å². The highest BCUT2D eigenvalue weighted by Crippen LogP contribution is 2.36. The molecule has 0 spiro atoms. The number of rotatable bonds is 3. The molecule has 6 heteroatoms. The fourth-order valence-electron chi connectivity index (χ4n) is 3.38. The zero-order chi connectivity index (χ0) is 18.9. The molecule has 2 aliphatic rings. The van der Waals surface area contributed by atoms with E-state index in [1.165, 1.54) is 0 Å². The lowest BCUT2D eigenvalue weighted by atomic mass is 9.90. The molecule has 0 N–H and O–H groups in total. The molecule has 0 saturated carbocycles. The minimum atomic E-state index is -0.198. The van der Waals surface area contributed by atoms with Crippen molar-refractivity contribution in [2.45, 2.75) is 52.3 Å². The molecule has 3 heterocycles. The van der Waals surface area contributed by atoms with Crippen molar-refractivity contribution in [2.75, 3.05) is 19.8 Å². The van der Waals surface area contributed by atoms with E-state index in [4.69, 9.17) is 13.7 Å². The van der Waals surface area contributed by atoms with Crippen molar-refractivity contribution in [3.8, 4) is 0 Å². The van der Waals surface area contributed by atoms with E-state index in [0.29, 0.717) is 0 Å². The van der Waals surface area contributed by atoms with Gasteiger partial charge in [-0.3, -0.25) is 9.29 Å². The number of alkyl halides is 1. The molecule has 4 rings (SSSR count). The van der Waals surface area contributed by atoms with Crippen molar-refractivity contribution in [3.05, 3.63) is 36.1 Å². The number of halogens is 1. The quantitative estimate of drug-likeness (QED) is 0.752. The van der Waals surface area contributed by atoms with Gasteiger partial charge in [0.25, 0.3) is 0 Å². The lowest BCUT2D eigenvalue weighted by Gasteiger charge is -2.36. The molecule has 4 nitrogen and oxygen atoms in total. The minimum Gasteiger partial charge on any atom is -0.460 e. The van der Waals surface area contributed by atoms with Crippen LogP contribution in [-0.2, 0) is 15.9 Å². The van der Waals surface area contributed by atoms with Crippen LogP contribution in [0.5, 0.6) is 0 Å². The summed E-state index contributed by atoms with van der Waals surface area (Å²) in [6.45, 7) is 12.4. The van der Waals surface area contributed by atoms with Gasteiger partial charge in [-0.05, 0) is 46.7 Å². The number of hydrogen-bond donors (Lipinski definition) is 0. The van der Waals surface area contributed by atoms with Gasteiger partial charge >= 0.3 is 7.12 Å². The van der Waals surface area contributed by atoms with Gasteiger partial charge in [-0.15, -0.1) is 0 Å². The molecule has 26 heavy (non-hydrogen) atoms. The number of likely N-dealkylation sites (tertiary alicyclic amines) is 1. The fourth-order valence-corrected chi connectivity index (χ4v) is 3.38. The average Bonchev–Trinajstić information content (AvgIpc) is 2.99. The summed E-state index contributed by atoms with van der Waals surface area (Å²) >= 11 is 0. The summed E-state index contributed by atoms with van der Waals surface area (Å²) in [7, 11) is -0.0648. The third-order valence-corrected chi connectivity index (χ3v) is 5.48. The Labute approximate surface area is 155 Å². The zero-order valence-electron chi connectivity index (χ0n) is 16.4. The summed E-state index contributed by atoms with van der Waals surface area (Å²) in [6.07, 6.45) is 0. The maximum atomic E-state index is 12.3. The Balaban J connectivity index is 0.000000170. The number of para-hydroxylation sites is 1. The van der Waals surface area contributed by atoms with E-state index in [-0.39, 0.29) is 30.9 Å². The highest BCUT2D eigenvalue weighted by molar-refractivity contribution is 6.43. The van der Waals surface area contributed by atoms with Crippen LogP contribution in [-0.4, -0.2) is 43.0 Å². The van der Waals surface area contributed by atoms with Crippen LogP contribution in [0, 0.1) is 5.92 Å². The first-order valence-electron chi connectivity index (χ1n) is 9.31. The van der Waals surface area contributed by atoms with Gasteiger partial charge in [0, 0.05) is 24.4 Å². The van der Waals surface area contributed by atoms with Crippen LogP contribution in [0.2, 0.25) is 6.82 Å². The van der Waals surface area contributed by atoms with Gasteiger partial charge in [-0.1, -0.05) is 18.2 Å². The molecule has 2 aliphatic heterocycles. The maximum absolute atomic E-state index is 12.3. The molecule has 0 bridgehead atoms. The summed E-state index contributed by atoms with van der Waals surface area (Å²) in [6, 6.07) is 10.1. The number of benzene rings is 1. The topological polar surface area (TPSA) is 34.8 Å². The van der Waals surface area contributed by atoms with Crippen molar-refractivity contribution in [3.63, 3.8) is 0 Å². The first-order valence-corrected chi connectivity index (χ1v) is 9.31. The van der Waals surface area contributed by atoms with E-state index < -0.39 is 0 Å². The standard InChI is InChI=1S/C13H14FNO.C7H15BO2/c14-6-10-7-15(8-10)9-12-5-11-3-1-2-4-13(11)16-12;1-6(2)7(3,4)10-8(5)9-6/h1-5,10H,6-9H2;1-5H3. The molecule has 0 unspecified atom stereocenters. The lowest BCUT2D eigenvalue weighted by molar-refractivity contribution is 0.00578. The summed E-state index contributed by atoms with van der Waals surface area (Å²) in [5.41, 5.74) is 0.610. The number of hydrogen-bond acceptors (Lipinski definition) is 4. The van der Waals surface area contributed by atoms with Crippen LogP contribution >= 0.6 is 0 Å². The van der Waals surface area contributed by atoms with Crippen LogP contribution in [0.25, 0.3) is 11.0 Å². The van der Waals surface area contributed by atoms with Gasteiger partial charge in [-0.2, -0.15) is 0 Å². The molecule has 1 aromatic carbocycles. The van der Waals surface area contributed by atoms with Crippen LogP contribution in [0.4, 0.5) is 4.39 Å². The Hall–Kier alpha value is -1.37. The fraction of sp³-hybridized carbons (Fsp3) is 0.600. The molecule has 2 saturated heterocycles. The molecule has 2 fully saturated rings. The molecule has 0 amide bonds. The molecular weight excluding hydrogens is 332 g/mol.